The van der Waals surface area contributed by atoms with E-state index in [0.29, 0.717) is 5.56 Å². The Morgan fingerprint density at radius 1 is 1.16 bits per heavy atom. The molecule has 0 radical (unpaired) electrons. The van der Waals surface area contributed by atoms with Crippen molar-refractivity contribution >= 4 is 12.4 Å². The Bertz CT molecular complexity index is 374. The summed E-state index contributed by atoms with van der Waals surface area (Å²) < 4.78 is 64.8. The Labute approximate surface area is 113 Å². The van der Waals surface area contributed by atoms with Gasteiger partial charge in [0.1, 0.15) is 5.75 Å². The van der Waals surface area contributed by atoms with Gasteiger partial charge in [0, 0.05) is 6.04 Å². The standard InChI is InChI=1S/C11H12F5NO.ClH/c12-6-5-9(17)7-1-3-8(4-2-7)18-11(15,16)10(13)14;/h1-4,9-10H,5-6,17H2;1H/t9-;/m1./s1. The zero-order valence-corrected chi connectivity index (χ0v) is 10.5. The van der Waals surface area contributed by atoms with Gasteiger partial charge < -0.3 is 10.5 Å². The van der Waals surface area contributed by atoms with Crippen LogP contribution in [0.4, 0.5) is 22.0 Å². The molecule has 2 N–H and O–H groups in total. The van der Waals surface area contributed by atoms with Crippen molar-refractivity contribution in [2.75, 3.05) is 6.67 Å². The first kappa shape index (κ1) is 17.9. The van der Waals surface area contributed by atoms with E-state index in [0.717, 1.165) is 12.1 Å². The predicted molar refractivity (Wildman–Crippen MR) is 62.8 cm³/mol. The summed E-state index contributed by atoms with van der Waals surface area (Å²) >= 11 is 0. The SMILES string of the molecule is Cl.N[C@H](CCF)c1ccc(OC(F)(F)C(F)F)cc1. The molecule has 0 unspecified atom stereocenters. The van der Waals surface area contributed by atoms with E-state index in [4.69, 9.17) is 5.73 Å². The van der Waals surface area contributed by atoms with Gasteiger partial charge in [-0.25, -0.2) is 0 Å². The molecule has 0 aromatic heterocycles. The second-order valence-electron chi connectivity index (χ2n) is 3.62. The molecule has 0 saturated carbocycles. The molecule has 8 heteroatoms. The lowest BCUT2D eigenvalue weighted by atomic mass is 10.1. The number of halogens is 6. The van der Waals surface area contributed by atoms with Crippen molar-refractivity contribution in [1.29, 1.82) is 0 Å². The Morgan fingerprint density at radius 2 is 1.68 bits per heavy atom. The van der Waals surface area contributed by atoms with Gasteiger partial charge in [0.2, 0.25) is 0 Å². The normalized spacial score (nSPS) is 13.0. The number of alkyl halides is 5. The second-order valence-corrected chi connectivity index (χ2v) is 3.62. The second kappa shape index (κ2) is 7.49. The summed E-state index contributed by atoms with van der Waals surface area (Å²) in [6.07, 6.45) is -8.36. The molecular formula is C11H13ClF5NO. The Balaban J connectivity index is 0.00000324. The quantitative estimate of drug-likeness (QED) is 0.813. The number of benzene rings is 1. The molecule has 0 fully saturated rings. The molecule has 19 heavy (non-hydrogen) atoms. The fourth-order valence-electron chi connectivity index (χ4n) is 1.27. The van der Waals surface area contributed by atoms with Crippen molar-refractivity contribution in [1.82, 2.24) is 0 Å². The third-order valence-corrected chi connectivity index (χ3v) is 2.24. The summed E-state index contributed by atoms with van der Waals surface area (Å²) in [5.74, 6) is -0.406. The molecule has 0 bridgehead atoms. The van der Waals surface area contributed by atoms with Gasteiger partial charge in [-0.1, -0.05) is 12.1 Å². The maximum absolute atomic E-state index is 12.6. The summed E-state index contributed by atoms with van der Waals surface area (Å²) in [6.45, 7) is -0.608. The van der Waals surface area contributed by atoms with Gasteiger partial charge >= 0.3 is 12.5 Å². The van der Waals surface area contributed by atoms with E-state index < -0.39 is 31.0 Å². The molecular weight excluding hydrogens is 293 g/mol. The molecule has 110 valence electrons. The Hall–Kier alpha value is -1.08. The largest absolute Gasteiger partial charge is 0.461 e. The number of rotatable bonds is 6. The molecule has 1 atom stereocenters. The minimum atomic E-state index is -4.54. The van der Waals surface area contributed by atoms with Crippen LogP contribution in [0.1, 0.15) is 18.0 Å². The third kappa shape index (κ3) is 5.20. The van der Waals surface area contributed by atoms with Crippen molar-refractivity contribution in [2.45, 2.75) is 25.0 Å². The molecule has 1 aromatic carbocycles. The van der Waals surface area contributed by atoms with Crippen LogP contribution < -0.4 is 10.5 Å². The topological polar surface area (TPSA) is 35.2 Å². The van der Waals surface area contributed by atoms with E-state index in [9.17, 15) is 22.0 Å². The smallest absolute Gasteiger partial charge is 0.428 e. The van der Waals surface area contributed by atoms with Crippen molar-refractivity contribution in [3.05, 3.63) is 29.8 Å². The number of ether oxygens (including phenoxy) is 1. The van der Waals surface area contributed by atoms with Gasteiger partial charge in [-0.3, -0.25) is 4.39 Å². The maximum atomic E-state index is 12.6. The highest BCUT2D eigenvalue weighted by atomic mass is 35.5. The number of hydrogen-bond acceptors (Lipinski definition) is 2. The van der Waals surface area contributed by atoms with E-state index in [1.165, 1.54) is 12.1 Å². The van der Waals surface area contributed by atoms with E-state index >= 15 is 0 Å². The molecule has 0 aliphatic carbocycles. The summed E-state index contributed by atoms with van der Waals surface area (Å²) in [5, 5.41) is 0. The first-order valence-electron chi connectivity index (χ1n) is 5.13. The third-order valence-electron chi connectivity index (χ3n) is 2.24. The van der Waals surface area contributed by atoms with Crippen LogP contribution >= 0.6 is 12.4 Å². The van der Waals surface area contributed by atoms with Gasteiger partial charge in [0.25, 0.3) is 0 Å². The van der Waals surface area contributed by atoms with Gasteiger partial charge in [0.15, 0.2) is 0 Å². The summed E-state index contributed by atoms with van der Waals surface area (Å²) in [7, 11) is 0. The first-order chi connectivity index (χ1) is 8.36. The summed E-state index contributed by atoms with van der Waals surface area (Å²) in [6, 6.07) is 4.27. The Morgan fingerprint density at radius 3 is 2.11 bits per heavy atom. The highest BCUT2D eigenvalue weighted by Gasteiger charge is 2.43. The predicted octanol–water partition coefficient (Wildman–Crippen LogP) is 3.70. The molecule has 0 saturated heterocycles. The van der Waals surface area contributed by atoms with E-state index in [1.54, 1.807) is 0 Å². The molecule has 1 rings (SSSR count). The highest BCUT2D eigenvalue weighted by Crippen LogP contribution is 2.28. The van der Waals surface area contributed by atoms with Gasteiger partial charge in [-0.05, 0) is 24.1 Å². The van der Waals surface area contributed by atoms with Crippen LogP contribution in [-0.2, 0) is 0 Å². The summed E-state index contributed by atoms with van der Waals surface area (Å²) in [4.78, 5) is 0. The summed E-state index contributed by atoms with van der Waals surface area (Å²) in [5.41, 5.74) is 6.10. The molecule has 0 aliphatic rings. The van der Waals surface area contributed by atoms with Crippen LogP contribution in [0.2, 0.25) is 0 Å². The zero-order chi connectivity index (χ0) is 13.8. The average Bonchev–Trinajstić information content (AvgIpc) is 2.29. The number of hydrogen-bond donors (Lipinski definition) is 1. The van der Waals surface area contributed by atoms with Crippen LogP contribution in [-0.4, -0.2) is 19.2 Å². The lowest BCUT2D eigenvalue weighted by molar-refractivity contribution is -0.253. The molecule has 0 heterocycles. The van der Waals surface area contributed by atoms with Gasteiger partial charge in [-0.2, -0.15) is 17.6 Å². The minimum Gasteiger partial charge on any atom is -0.428 e. The van der Waals surface area contributed by atoms with Crippen LogP contribution in [0.25, 0.3) is 0 Å². The van der Waals surface area contributed by atoms with Crippen molar-refractivity contribution in [3.63, 3.8) is 0 Å². The van der Waals surface area contributed by atoms with Crippen molar-refractivity contribution in [3.8, 4) is 5.75 Å². The lowest BCUT2D eigenvalue weighted by Gasteiger charge is -2.17. The monoisotopic (exact) mass is 305 g/mol. The molecule has 0 amide bonds. The van der Waals surface area contributed by atoms with Gasteiger partial charge in [0.05, 0.1) is 6.67 Å². The first-order valence-corrected chi connectivity index (χ1v) is 5.13. The van der Waals surface area contributed by atoms with E-state index in [-0.39, 0.29) is 18.8 Å². The maximum Gasteiger partial charge on any atom is 0.461 e. The highest BCUT2D eigenvalue weighted by molar-refractivity contribution is 5.85. The van der Waals surface area contributed by atoms with Crippen molar-refractivity contribution < 1.29 is 26.7 Å². The number of nitrogens with two attached hydrogens (primary N) is 1. The Kier molecular flexibility index (Phi) is 7.07. The van der Waals surface area contributed by atoms with Crippen LogP contribution in [0.3, 0.4) is 0 Å². The molecule has 2 nitrogen and oxygen atoms in total. The lowest BCUT2D eigenvalue weighted by Crippen LogP contribution is -2.33. The molecule has 0 spiro atoms. The fraction of sp³-hybridized carbons (Fsp3) is 0.455. The van der Waals surface area contributed by atoms with Crippen molar-refractivity contribution in [2.24, 2.45) is 5.73 Å². The van der Waals surface area contributed by atoms with Gasteiger partial charge in [-0.15, -0.1) is 12.4 Å². The van der Waals surface area contributed by atoms with Crippen LogP contribution in [0.15, 0.2) is 24.3 Å². The molecule has 0 aliphatic heterocycles. The minimum absolute atomic E-state index is 0. The average molecular weight is 306 g/mol. The van der Waals surface area contributed by atoms with E-state index in [1.807, 2.05) is 0 Å². The molecule has 1 aromatic rings. The zero-order valence-electron chi connectivity index (χ0n) is 9.66. The van der Waals surface area contributed by atoms with Crippen LogP contribution in [0.5, 0.6) is 5.75 Å². The van der Waals surface area contributed by atoms with E-state index in [2.05, 4.69) is 4.74 Å². The fourth-order valence-corrected chi connectivity index (χ4v) is 1.27. The van der Waals surface area contributed by atoms with Crippen LogP contribution in [0, 0.1) is 0 Å².